The molecule has 0 amide bonds. The quantitative estimate of drug-likeness (QED) is 0.447. The van der Waals surface area contributed by atoms with Crippen LogP contribution in [0.4, 0.5) is 0 Å². The van der Waals surface area contributed by atoms with Gasteiger partial charge in [0.15, 0.2) is 0 Å². The molecule has 6 heavy (non-hydrogen) atoms. The predicted molar refractivity (Wildman–Crippen MR) is 30.4 cm³/mol. The molecule has 0 aliphatic carbocycles. The van der Waals surface area contributed by atoms with E-state index in [1.54, 1.807) is 0 Å². The summed E-state index contributed by atoms with van der Waals surface area (Å²) < 4.78 is 0. The first kappa shape index (κ1) is 4.47. The molecule has 0 atom stereocenters. The standard InChI is InChI=1S/C4H8NS/c1-3-6-4-2-5-1/h1-4H2/q-1. The topological polar surface area (TPSA) is 14.1 Å². The molecular formula is C4H8NS-. The van der Waals surface area contributed by atoms with Crippen LogP contribution in [-0.2, 0) is 0 Å². The van der Waals surface area contributed by atoms with Crippen LogP contribution in [-0.4, -0.2) is 24.6 Å². The van der Waals surface area contributed by atoms with Gasteiger partial charge in [-0.15, -0.1) is 13.1 Å². The van der Waals surface area contributed by atoms with Crippen LogP contribution in [0.15, 0.2) is 0 Å². The highest BCUT2D eigenvalue weighted by atomic mass is 32.2. The van der Waals surface area contributed by atoms with Crippen LogP contribution < -0.4 is 0 Å². The Bertz CT molecular complexity index is 23.0. The molecule has 1 heterocycles. The summed E-state index contributed by atoms with van der Waals surface area (Å²) >= 11 is 2.00. The second-order valence-electron chi connectivity index (χ2n) is 1.28. The van der Waals surface area contributed by atoms with Gasteiger partial charge in [-0.25, -0.2) is 0 Å². The third-order valence-electron chi connectivity index (χ3n) is 0.787. The van der Waals surface area contributed by atoms with Crippen LogP contribution >= 0.6 is 11.8 Å². The largest absolute Gasteiger partial charge is 0.661 e. The van der Waals surface area contributed by atoms with E-state index in [-0.39, 0.29) is 0 Å². The fraction of sp³-hybridized carbons (Fsp3) is 1.00. The van der Waals surface area contributed by atoms with E-state index in [1.165, 1.54) is 11.5 Å². The van der Waals surface area contributed by atoms with E-state index < -0.39 is 0 Å². The van der Waals surface area contributed by atoms with E-state index in [1.807, 2.05) is 11.8 Å². The van der Waals surface area contributed by atoms with E-state index in [0.717, 1.165) is 13.1 Å². The van der Waals surface area contributed by atoms with Crippen molar-refractivity contribution in [3.63, 3.8) is 0 Å². The zero-order chi connectivity index (χ0) is 4.24. The van der Waals surface area contributed by atoms with Crippen LogP contribution in [0.25, 0.3) is 5.32 Å². The van der Waals surface area contributed by atoms with Gasteiger partial charge in [-0.1, -0.05) is 0 Å². The van der Waals surface area contributed by atoms with Gasteiger partial charge in [0.2, 0.25) is 0 Å². The Hall–Kier alpha value is 0.310. The minimum Gasteiger partial charge on any atom is -0.661 e. The Kier molecular flexibility index (Phi) is 1.85. The number of thioether (sulfide) groups is 1. The molecule has 0 N–H and O–H groups in total. The van der Waals surface area contributed by atoms with E-state index in [2.05, 4.69) is 5.32 Å². The van der Waals surface area contributed by atoms with Gasteiger partial charge in [0.1, 0.15) is 0 Å². The normalized spacial score (nSPS) is 24.0. The molecule has 0 spiro atoms. The third-order valence-corrected chi connectivity index (χ3v) is 1.73. The molecule has 2 heteroatoms. The van der Waals surface area contributed by atoms with Crippen LogP contribution in [0.5, 0.6) is 0 Å². The summed E-state index contributed by atoms with van der Waals surface area (Å²) in [5.74, 6) is 2.50. The lowest BCUT2D eigenvalue weighted by Crippen LogP contribution is -2.01. The van der Waals surface area contributed by atoms with Gasteiger partial charge >= 0.3 is 0 Å². The van der Waals surface area contributed by atoms with Crippen LogP contribution in [0.2, 0.25) is 0 Å². The molecule has 0 saturated carbocycles. The average molecular weight is 102 g/mol. The first-order valence-electron chi connectivity index (χ1n) is 2.21. The zero-order valence-corrected chi connectivity index (χ0v) is 4.50. The maximum atomic E-state index is 4.16. The molecule has 1 nitrogen and oxygen atoms in total. The minimum absolute atomic E-state index is 1.09. The molecule has 0 aromatic carbocycles. The highest BCUT2D eigenvalue weighted by Crippen LogP contribution is 2.07. The summed E-state index contributed by atoms with van der Waals surface area (Å²) in [7, 11) is 0. The first-order chi connectivity index (χ1) is 3.00. The number of hydrogen-bond donors (Lipinski definition) is 0. The van der Waals surface area contributed by atoms with Crippen LogP contribution in [0.3, 0.4) is 0 Å². The summed E-state index contributed by atoms with van der Waals surface area (Å²) in [5, 5.41) is 4.16. The Balaban J connectivity index is 2.00. The molecule has 1 saturated heterocycles. The molecule has 1 aliphatic rings. The summed E-state index contributed by atoms with van der Waals surface area (Å²) in [6, 6.07) is 0. The molecule has 0 aromatic heterocycles. The van der Waals surface area contributed by atoms with Crippen molar-refractivity contribution in [3.05, 3.63) is 5.32 Å². The van der Waals surface area contributed by atoms with E-state index >= 15 is 0 Å². The van der Waals surface area contributed by atoms with Crippen molar-refractivity contribution in [2.45, 2.75) is 0 Å². The van der Waals surface area contributed by atoms with Crippen molar-refractivity contribution in [3.8, 4) is 0 Å². The van der Waals surface area contributed by atoms with Crippen molar-refractivity contribution in [1.29, 1.82) is 0 Å². The maximum Gasteiger partial charge on any atom is -0.0257 e. The Labute approximate surface area is 42.5 Å². The van der Waals surface area contributed by atoms with E-state index in [0.29, 0.717) is 0 Å². The van der Waals surface area contributed by atoms with Gasteiger partial charge in [0.25, 0.3) is 0 Å². The second kappa shape index (κ2) is 2.48. The Morgan fingerprint density at radius 1 is 1.17 bits per heavy atom. The van der Waals surface area contributed by atoms with Crippen molar-refractivity contribution < 1.29 is 0 Å². The SMILES string of the molecule is C1CSCC[N-]1. The third kappa shape index (κ3) is 1.19. The predicted octanol–water partition coefficient (Wildman–Crippen LogP) is 1.11. The van der Waals surface area contributed by atoms with Crippen molar-refractivity contribution in [2.24, 2.45) is 0 Å². The van der Waals surface area contributed by atoms with Gasteiger partial charge in [-0.3, -0.25) is 0 Å². The van der Waals surface area contributed by atoms with Gasteiger partial charge < -0.3 is 5.32 Å². The fourth-order valence-corrected chi connectivity index (χ4v) is 1.19. The summed E-state index contributed by atoms with van der Waals surface area (Å²) in [5.41, 5.74) is 0. The van der Waals surface area contributed by atoms with Crippen LogP contribution in [0, 0.1) is 0 Å². The lowest BCUT2D eigenvalue weighted by molar-refractivity contribution is 1.11. The minimum atomic E-state index is 1.09. The van der Waals surface area contributed by atoms with Gasteiger partial charge in [0.05, 0.1) is 0 Å². The molecule has 0 radical (unpaired) electrons. The summed E-state index contributed by atoms with van der Waals surface area (Å²) in [6.45, 7) is 2.18. The highest BCUT2D eigenvalue weighted by Gasteiger charge is 1.83. The molecular weight excluding hydrogens is 94.1 g/mol. The highest BCUT2D eigenvalue weighted by molar-refractivity contribution is 7.99. The maximum absolute atomic E-state index is 4.16. The van der Waals surface area contributed by atoms with Crippen molar-refractivity contribution >= 4 is 11.8 Å². The van der Waals surface area contributed by atoms with Crippen molar-refractivity contribution in [2.75, 3.05) is 24.6 Å². The van der Waals surface area contributed by atoms with Crippen molar-refractivity contribution in [1.82, 2.24) is 0 Å². The molecule has 1 fully saturated rings. The summed E-state index contributed by atoms with van der Waals surface area (Å²) in [6.07, 6.45) is 0. The average Bonchev–Trinajstić information content (AvgIpc) is 1.72. The van der Waals surface area contributed by atoms with Crippen LogP contribution in [0.1, 0.15) is 0 Å². The molecule has 0 aromatic rings. The molecule has 1 rings (SSSR count). The lowest BCUT2D eigenvalue weighted by Gasteiger charge is -2.23. The fourth-order valence-electron chi connectivity index (χ4n) is 0.472. The Morgan fingerprint density at radius 2 is 1.83 bits per heavy atom. The van der Waals surface area contributed by atoms with Gasteiger partial charge in [0, 0.05) is 0 Å². The number of nitrogens with zero attached hydrogens (tertiary/aromatic N) is 1. The van der Waals surface area contributed by atoms with E-state index in [9.17, 15) is 0 Å². The molecule has 1 aliphatic heterocycles. The molecule has 0 unspecified atom stereocenters. The number of rotatable bonds is 0. The summed E-state index contributed by atoms with van der Waals surface area (Å²) in [4.78, 5) is 0. The first-order valence-corrected chi connectivity index (χ1v) is 3.36. The lowest BCUT2D eigenvalue weighted by atomic mass is 10.6. The monoisotopic (exact) mass is 102 g/mol. The van der Waals surface area contributed by atoms with E-state index in [4.69, 9.17) is 0 Å². The molecule has 36 valence electrons. The zero-order valence-electron chi connectivity index (χ0n) is 3.68. The van der Waals surface area contributed by atoms with Gasteiger partial charge in [-0.2, -0.15) is 11.8 Å². The smallest absolute Gasteiger partial charge is 0.0257 e. The molecule has 0 bridgehead atoms. The second-order valence-corrected chi connectivity index (χ2v) is 2.51. The Morgan fingerprint density at radius 3 is 2.00 bits per heavy atom. The van der Waals surface area contributed by atoms with Gasteiger partial charge in [-0.05, 0) is 11.5 Å². The number of hydrogen-bond acceptors (Lipinski definition) is 1.